The lowest BCUT2D eigenvalue weighted by Crippen LogP contribution is -2.03. The van der Waals surface area contributed by atoms with E-state index in [1.54, 1.807) is 0 Å². The van der Waals surface area contributed by atoms with Crippen LogP contribution in [0.2, 0.25) is 0 Å². The number of H-pyrrole nitrogens is 1. The number of oxazole rings is 1. The van der Waals surface area contributed by atoms with E-state index >= 15 is 0 Å². The summed E-state index contributed by atoms with van der Waals surface area (Å²) in [7, 11) is 0. The molecule has 0 bridgehead atoms. The molecule has 0 radical (unpaired) electrons. The van der Waals surface area contributed by atoms with Crippen LogP contribution in [0.25, 0.3) is 11.1 Å². The van der Waals surface area contributed by atoms with E-state index in [0.29, 0.717) is 17.6 Å². The highest BCUT2D eigenvalue weighted by Gasteiger charge is 2.18. The molecular weight excluding hydrogens is 287 g/mol. The van der Waals surface area contributed by atoms with Crippen molar-refractivity contribution in [3.8, 4) is 0 Å². The van der Waals surface area contributed by atoms with E-state index < -0.39 is 29.3 Å². The molecule has 3 aromatic rings. The predicted molar refractivity (Wildman–Crippen MR) is 67.2 cm³/mol. The quantitative estimate of drug-likeness (QED) is 0.714. The van der Waals surface area contributed by atoms with Crippen LogP contribution in [0.3, 0.4) is 0 Å². The molecule has 4 nitrogen and oxygen atoms in total. The van der Waals surface area contributed by atoms with Crippen LogP contribution in [0.5, 0.6) is 0 Å². The number of hydrogen-bond acceptors (Lipinski definition) is 3. The van der Waals surface area contributed by atoms with E-state index in [9.17, 15) is 23.1 Å². The Hall–Kier alpha value is -2.54. The van der Waals surface area contributed by atoms with Crippen molar-refractivity contribution in [2.45, 2.75) is 6.10 Å². The monoisotopic (exact) mass is 295 g/mol. The Labute approximate surface area is 115 Å². The minimum Gasteiger partial charge on any atom is -0.408 e. The number of nitrogens with one attached hydrogen (secondary N) is 1. The second-order valence-electron chi connectivity index (χ2n) is 4.47. The number of halogens is 3. The number of benzene rings is 2. The second-order valence-corrected chi connectivity index (χ2v) is 4.47. The Morgan fingerprint density at radius 1 is 1.05 bits per heavy atom. The summed E-state index contributed by atoms with van der Waals surface area (Å²) in [5.41, 5.74) is 0.714. The van der Waals surface area contributed by atoms with Gasteiger partial charge < -0.3 is 9.52 Å². The number of hydrogen-bond donors (Lipinski definition) is 2. The summed E-state index contributed by atoms with van der Waals surface area (Å²) in [6.07, 6.45) is -1.39. The average molecular weight is 295 g/mol. The van der Waals surface area contributed by atoms with Gasteiger partial charge in [0.15, 0.2) is 23.0 Å². The average Bonchev–Trinajstić information content (AvgIpc) is 2.82. The third-order valence-corrected chi connectivity index (χ3v) is 3.08. The molecule has 0 aliphatic rings. The van der Waals surface area contributed by atoms with Gasteiger partial charge in [0.1, 0.15) is 6.10 Å². The second kappa shape index (κ2) is 4.78. The molecule has 108 valence electrons. The van der Waals surface area contributed by atoms with E-state index in [1.807, 2.05) is 0 Å². The van der Waals surface area contributed by atoms with Crippen molar-refractivity contribution < 1.29 is 22.7 Å². The standard InChI is InChI=1S/C14H8F3NO3/c15-8-3-7(4-9(16)12(8)17)13(19)6-1-2-10-11(5-6)21-14(20)18-10/h1-5,13,19H,(H,18,20). The molecule has 21 heavy (non-hydrogen) atoms. The molecule has 1 atom stereocenters. The van der Waals surface area contributed by atoms with Gasteiger partial charge in [0, 0.05) is 0 Å². The first kappa shape index (κ1) is 13.4. The highest BCUT2D eigenvalue weighted by Crippen LogP contribution is 2.26. The highest BCUT2D eigenvalue weighted by molar-refractivity contribution is 5.73. The number of rotatable bonds is 2. The molecule has 1 heterocycles. The fourth-order valence-electron chi connectivity index (χ4n) is 2.06. The fraction of sp³-hybridized carbons (Fsp3) is 0.0714. The number of aromatic nitrogens is 1. The predicted octanol–water partition coefficient (Wildman–Crippen LogP) is 2.62. The maximum absolute atomic E-state index is 13.2. The van der Waals surface area contributed by atoms with Crippen molar-refractivity contribution in [3.63, 3.8) is 0 Å². The van der Waals surface area contributed by atoms with Gasteiger partial charge in [-0.3, -0.25) is 4.98 Å². The molecular formula is C14H8F3NO3. The molecule has 2 aromatic carbocycles. The van der Waals surface area contributed by atoms with Gasteiger partial charge in [0.25, 0.3) is 0 Å². The third-order valence-electron chi connectivity index (χ3n) is 3.08. The van der Waals surface area contributed by atoms with Crippen LogP contribution >= 0.6 is 0 Å². The lowest BCUT2D eigenvalue weighted by Gasteiger charge is -2.12. The van der Waals surface area contributed by atoms with Gasteiger partial charge in [-0.05, 0) is 35.4 Å². The molecule has 0 spiro atoms. The van der Waals surface area contributed by atoms with Gasteiger partial charge in [-0.15, -0.1) is 0 Å². The molecule has 0 fully saturated rings. The molecule has 0 amide bonds. The number of aliphatic hydroxyl groups excluding tert-OH is 1. The zero-order valence-corrected chi connectivity index (χ0v) is 10.4. The summed E-state index contributed by atoms with van der Waals surface area (Å²) in [6, 6.07) is 5.71. The molecule has 7 heteroatoms. The summed E-state index contributed by atoms with van der Waals surface area (Å²) in [5.74, 6) is -5.04. The van der Waals surface area contributed by atoms with E-state index in [-0.39, 0.29) is 16.7 Å². The summed E-state index contributed by atoms with van der Waals surface area (Å²) in [5, 5.41) is 10.1. The van der Waals surface area contributed by atoms with Crippen LogP contribution in [-0.2, 0) is 0 Å². The Morgan fingerprint density at radius 2 is 1.71 bits per heavy atom. The largest absolute Gasteiger partial charge is 0.417 e. The van der Waals surface area contributed by atoms with Crippen LogP contribution < -0.4 is 5.76 Å². The molecule has 1 aromatic heterocycles. The normalized spacial score (nSPS) is 12.8. The molecule has 0 saturated carbocycles. The number of aromatic amines is 1. The molecule has 1 unspecified atom stereocenters. The molecule has 3 rings (SSSR count). The van der Waals surface area contributed by atoms with Crippen molar-refractivity contribution in [1.29, 1.82) is 0 Å². The fourth-order valence-corrected chi connectivity index (χ4v) is 2.06. The first-order chi connectivity index (χ1) is 9.95. The first-order valence-corrected chi connectivity index (χ1v) is 5.91. The Kier molecular flexibility index (Phi) is 3.06. The summed E-state index contributed by atoms with van der Waals surface area (Å²) >= 11 is 0. The van der Waals surface area contributed by atoms with Crippen molar-refractivity contribution in [2.75, 3.05) is 0 Å². The van der Waals surface area contributed by atoms with Crippen LogP contribution in [-0.4, -0.2) is 10.1 Å². The third kappa shape index (κ3) is 2.31. The zero-order valence-electron chi connectivity index (χ0n) is 10.4. The molecule has 0 aliphatic carbocycles. The Morgan fingerprint density at radius 3 is 2.38 bits per heavy atom. The van der Waals surface area contributed by atoms with Crippen molar-refractivity contribution in [3.05, 3.63) is 69.5 Å². The Bertz CT molecular complexity index is 862. The maximum atomic E-state index is 13.2. The summed E-state index contributed by atoms with van der Waals surface area (Å²) in [4.78, 5) is 13.5. The van der Waals surface area contributed by atoms with Gasteiger partial charge in [-0.2, -0.15) is 0 Å². The van der Waals surface area contributed by atoms with E-state index in [4.69, 9.17) is 4.42 Å². The van der Waals surface area contributed by atoms with Crippen LogP contribution in [0.4, 0.5) is 13.2 Å². The summed E-state index contributed by atoms with van der Waals surface area (Å²) in [6.45, 7) is 0. The van der Waals surface area contributed by atoms with Crippen LogP contribution in [0.1, 0.15) is 17.2 Å². The topological polar surface area (TPSA) is 66.2 Å². The minimum absolute atomic E-state index is 0.149. The van der Waals surface area contributed by atoms with E-state index in [1.165, 1.54) is 18.2 Å². The smallest absolute Gasteiger partial charge is 0.408 e. The van der Waals surface area contributed by atoms with Gasteiger partial charge in [0.05, 0.1) is 5.52 Å². The number of fused-ring (bicyclic) bond motifs is 1. The van der Waals surface area contributed by atoms with Crippen molar-refractivity contribution in [1.82, 2.24) is 4.98 Å². The molecule has 0 saturated heterocycles. The van der Waals surface area contributed by atoms with Crippen molar-refractivity contribution in [2.24, 2.45) is 0 Å². The lowest BCUT2D eigenvalue weighted by molar-refractivity contribution is 0.218. The van der Waals surface area contributed by atoms with Crippen LogP contribution in [0.15, 0.2) is 39.5 Å². The minimum atomic E-state index is -1.60. The van der Waals surface area contributed by atoms with Gasteiger partial charge in [-0.1, -0.05) is 6.07 Å². The summed E-state index contributed by atoms with van der Waals surface area (Å²) < 4.78 is 44.1. The van der Waals surface area contributed by atoms with Gasteiger partial charge in [0.2, 0.25) is 0 Å². The van der Waals surface area contributed by atoms with Crippen LogP contribution in [0, 0.1) is 17.5 Å². The molecule has 2 N–H and O–H groups in total. The Balaban J connectivity index is 2.07. The number of aliphatic hydroxyl groups is 1. The highest BCUT2D eigenvalue weighted by atomic mass is 19.2. The SMILES string of the molecule is O=c1[nH]c2ccc(C(O)c3cc(F)c(F)c(F)c3)cc2o1. The van der Waals surface area contributed by atoms with Gasteiger partial charge in [-0.25, -0.2) is 18.0 Å². The van der Waals surface area contributed by atoms with Gasteiger partial charge >= 0.3 is 5.76 Å². The van der Waals surface area contributed by atoms with Crippen molar-refractivity contribution >= 4 is 11.1 Å². The lowest BCUT2D eigenvalue weighted by atomic mass is 10.0. The van der Waals surface area contributed by atoms with E-state index in [2.05, 4.69) is 4.98 Å². The molecule has 0 aliphatic heterocycles. The first-order valence-electron chi connectivity index (χ1n) is 5.91. The van der Waals surface area contributed by atoms with E-state index in [0.717, 1.165) is 0 Å². The zero-order chi connectivity index (χ0) is 15.1. The maximum Gasteiger partial charge on any atom is 0.417 e.